The minimum Gasteiger partial charge on any atom is -0.379 e. The summed E-state index contributed by atoms with van der Waals surface area (Å²) in [5.74, 6) is 0.0400. The second-order valence-corrected chi connectivity index (χ2v) is 10.4. The number of carbonyl (C=O) groups is 2. The molecule has 2 rings (SSSR count). The van der Waals surface area contributed by atoms with Gasteiger partial charge in [-0.05, 0) is 18.1 Å². The molecule has 0 aliphatic carbocycles. The SMILES string of the molecule is CCC(C)COCCOCCOCCOCCOCCOCCOCCOCCOCCOCCN1C(=O)c2ccccc2C1=O. The van der Waals surface area contributed by atoms with Crippen LogP contribution in [-0.2, 0) is 47.4 Å². The zero-order valence-electron chi connectivity index (χ0n) is 27.8. The van der Waals surface area contributed by atoms with Crippen molar-refractivity contribution in [1.29, 1.82) is 0 Å². The summed E-state index contributed by atoms with van der Waals surface area (Å²) in [6.45, 7) is 14.5. The van der Waals surface area contributed by atoms with Gasteiger partial charge in [0.05, 0.1) is 143 Å². The van der Waals surface area contributed by atoms with E-state index in [1.54, 1.807) is 24.3 Å². The average Bonchev–Trinajstić information content (AvgIpc) is 3.31. The number of nitrogens with zero attached hydrogens (tertiary/aromatic N) is 1. The number of amides is 2. The van der Waals surface area contributed by atoms with Crippen LogP contribution >= 0.6 is 0 Å². The first-order chi connectivity index (χ1) is 22.6. The largest absolute Gasteiger partial charge is 0.379 e. The monoisotopic (exact) mass is 657 g/mol. The van der Waals surface area contributed by atoms with E-state index >= 15 is 0 Å². The van der Waals surface area contributed by atoms with E-state index in [0.717, 1.165) is 13.0 Å². The summed E-state index contributed by atoms with van der Waals surface area (Å²) in [7, 11) is 0. The molecule has 13 heteroatoms. The molecule has 1 atom stereocenters. The zero-order chi connectivity index (χ0) is 32.9. The quantitative estimate of drug-likeness (QED) is 0.0814. The molecular formula is C33H55NO12. The van der Waals surface area contributed by atoms with E-state index in [1.807, 2.05) is 0 Å². The summed E-state index contributed by atoms with van der Waals surface area (Å²) in [5, 5.41) is 0. The van der Waals surface area contributed by atoms with Gasteiger partial charge in [-0.2, -0.15) is 0 Å². The fourth-order valence-electron chi connectivity index (χ4n) is 3.98. The van der Waals surface area contributed by atoms with Crippen molar-refractivity contribution in [3.8, 4) is 0 Å². The number of imide groups is 1. The highest BCUT2D eigenvalue weighted by Gasteiger charge is 2.34. The van der Waals surface area contributed by atoms with Crippen LogP contribution in [0, 0.1) is 5.92 Å². The Labute approximate surface area is 273 Å². The van der Waals surface area contributed by atoms with E-state index in [0.29, 0.717) is 136 Å². The van der Waals surface area contributed by atoms with Crippen molar-refractivity contribution >= 4 is 11.8 Å². The Morgan fingerprint density at radius 1 is 0.478 bits per heavy atom. The number of hydrogen-bond donors (Lipinski definition) is 0. The van der Waals surface area contributed by atoms with E-state index in [1.165, 1.54) is 4.90 Å². The Bertz CT molecular complexity index is 870. The summed E-state index contributed by atoms with van der Waals surface area (Å²) >= 11 is 0. The van der Waals surface area contributed by atoms with Gasteiger partial charge in [-0.1, -0.05) is 32.4 Å². The van der Waals surface area contributed by atoms with Gasteiger partial charge in [-0.25, -0.2) is 0 Å². The van der Waals surface area contributed by atoms with Crippen LogP contribution in [0.3, 0.4) is 0 Å². The molecule has 13 nitrogen and oxygen atoms in total. The first-order valence-electron chi connectivity index (χ1n) is 16.4. The smallest absolute Gasteiger partial charge is 0.261 e. The Morgan fingerprint density at radius 3 is 1.07 bits per heavy atom. The van der Waals surface area contributed by atoms with Crippen molar-refractivity contribution in [2.45, 2.75) is 20.3 Å². The Balaban J connectivity index is 1.19. The van der Waals surface area contributed by atoms with Crippen molar-refractivity contribution in [2.75, 3.05) is 139 Å². The van der Waals surface area contributed by atoms with Gasteiger partial charge in [0.2, 0.25) is 0 Å². The highest BCUT2D eigenvalue weighted by Crippen LogP contribution is 2.21. The number of ether oxygens (including phenoxy) is 10. The normalized spacial score (nSPS) is 13.6. The second-order valence-electron chi connectivity index (χ2n) is 10.4. The van der Waals surface area contributed by atoms with Gasteiger partial charge >= 0.3 is 0 Å². The highest BCUT2D eigenvalue weighted by molar-refractivity contribution is 6.21. The van der Waals surface area contributed by atoms with Gasteiger partial charge < -0.3 is 47.4 Å². The van der Waals surface area contributed by atoms with E-state index in [9.17, 15) is 9.59 Å². The van der Waals surface area contributed by atoms with Crippen LogP contribution in [-0.4, -0.2) is 155 Å². The van der Waals surface area contributed by atoms with E-state index in [2.05, 4.69) is 13.8 Å². The van der Waals surface area contributed by atoms with Crippen LogP contribution in [0.1, 0.15) is 41.0 Å². The van der Waals surface area contributed by atoms with E-state index in [-0.39, 0.29) is 25.0 Å². The van der Waals surface area contributed by atoms with Crippen molar-refractivity contribution in [3.05, 3.63) is 35.4 Å². The molecule has 0 saturated carbocycles. The molecule has 1 aromatic rings. The summed E-state index contributed by atoms with van der Waals surface area (Å²) in [6, 6.07) is 6.82. The van der Waals surface area contributed by atoms with Gasteiger partial charge in [0.25, 0.3) is 11.8 Å². The lowest BCUT2D eigenvalue weighted by Gasteiger charge is -2.13. The third-order valence-corrected chi connectivity index (χ3v) is 6.78. The lowest BCUT2D eigenvalue weighted by molar-refractivity contribution is -0.0269. The number of carbonyl (C=O) groups excluding carboxylic acids is 2. The summed E-state index contributed by atoms with van der Waals surface area (Å²) in [6.07, 6.45) is 1.13. The molecule has 0 fully saturated rings. The molecule has 0 bridgehead atoms. The molecule has 0 N–H and O–H groups in total. The van der Waals surface area contributed by atoms with Crippen molar-refractivity contribution in [1.82, 2.24) is 4.90 Å². The van der Waals surface area contributed by atoms with E-state index in [4.69, 9.17) is 47.4 Å². The Hall–Kier alpha value is -2.04. The Kier molecular flexibility index (Phi) is 24.4. The summed E-state index contributed by atoms with van der Waals surface area (Å²) in [4.78, 5) is 25.8. The molecule has 264 valence electrons. The minimum atomic E-state index is -0.276. The van der Waals surface area contributed by atoms with Gasteiger partial charge in [0.1, 0.15) is 0 Å². The molecule has 1 unspecified atom stereocenters. The molecule has 1 heterocycles. The highest BCUT2D eigenvalue weighted by atomic mass is 16.6. The van der Waals surface area contributed by atoms with Gasteiger partial charge in [-0.15, -0.1) is 0 Å². The van der Waals surface area contributed by atoms with Gasteiger partial charge in [0.15, 0.2) is 0 Å². The molecule has 1 aliphatic rings. The third kappa shape index (κ3) is 18.9. The molecule has 0 saturated heterocycles. The van der Waals surface area contributed by atoms with Gasteiger partial charge in [0, 0.05) is 6.61 Å². The predicted octanol–water partition coefficient (Wildman–Crippen LogP) is 2.49. The summed E-state index contributed by atoms with van der Waals surface area (Å²) in [5.41, 5.74) is 0.888. The standard InChI is InChI=1S/C33H55NO12/c1-3-29(2)28-46-27-26-45-25-24-44-23-22-43-21-20-42-19-18-41-17-16-40-15-14-39-13-12-38-11-10-37-9-8-34-32(35)30-6-4-5-7-31(30)33(34)36/h4-7,29H,3,8-28H2,1-2H3. The maximum atomic E-state index is 12.3. The van der Waals surface area contributed by atoms with Crippen LogP contribution in [0.4, 0.5) is 0 Å². The average molecular weight is 658 g/mol. The third-order valence-electron chi connectivity index (χ3n) is 6.78. The number of rotatable bonds is 33. The minimum absolute atomic E-state index is 0.217. The van der Waals surface area contributed by atoms with Crippen LogP contribution in [0.25, 0.3) is 0 Å². The zero-order valence-corrected chi connectivity index (χ0v) is 27.8. The molecular weight excluding hydrogens is 602 g/mol. The molecule has 46 heavy (non-hydrogen) atoms. The van der Waals surface area contributed by atoms with E-state index < -0.39 is 0 Å². The first-order valence-corrected chi connectivity index (χ1v) is 16.4. The summed E-state index contributed by atoms with van der Waals surface area (Å²) < 4.78 is 54.8. The van der Waals surface area contributed by atoms with Crippen LogP contribution in [0.5, 0.6) is 0 Å². The lowest BCUT2D eigenvalue weighted by Crippen LogP contribution is -2.33. The molecule has 1 aromatic carbocycles. The number of benzene rings is 1. The fraction of sp³-hybridized carbons (Fsp3) is 0.758. The maximum absolute atomic E-state index is 12.3. The molecule has 0 radical (unpaired) electrons. The Morgan fingerprint density at radius 2 is 0.761 bits per heavy atom. The second kappa shape index (κ2) is 28.0. The van der Waals surface area contributed by atoms with Gasteiger partial charge in [-0.3, -0.25) is 14.5 Å². The van der Waals surface area contributed by atoms with Crippen molar-refractivity contribution in [2.24, 2.45) is 5.92 Å². The first kappa shape index (κ1) is 40.1. The molecule has 2 amide bonds. The topological polar surface area (TPSA) is 130 Å². The van der Waals surface area contributed by atoms with Crippen LogP contribution in [0.2, 0.25) is 0 Å². The molecule has 1 aliphatic heterocycles. The number of hydrogen-bond acceptors (Lipinski definition) is 12. The molecule has 0 aromatic heterocycles. The van der Waals surface area contributed by atoms with Crippen molar-refractivity contribution in [3.63, 3.8) is 0 Å². The predicted molar refractivity (Wildman–Crippen MR) is 169 cm³/mol. The van der Waals surface area contributed by atoms with Crippen molar-refractivity contribution < 1.29 is 57.0 Å². The molecule has 0 spiro atoms. The van der Waals surface area contributed by atoms with Crippen LogP contribution in [0.15, 0.2) is 24.3 Å². The maximum Gasteiger partial charge on any atom is 0.261 e. The lowest BCUT2D eigenvalue weighted by atomic mass is 10.1. The van der Waals surface area contributed by atoms with Crippen LogP contribution < -0.4 is 0 Å². The number of fused-ring (bicyclic) bond motifs is 1. The fourth-order valence-corrected chi connectivity index (χ4v) is 3.98.